The third kappa shape index (κ3) is 2.39. The molecule has 0 aliphatic carbocycles. The van der Waals surface area contributed by atoms with Crippen LogP contribution in [0.25, 0.3) is 0 Å². The molecule has 17 heavy (non-hydrogen) atoms. The number of benzene rings is 1. The maximum absolute atomic E-state index is 11.8. The number of carbonyl (C=O) groups excluding carboxylic acids is 1. The molecule has 0 saturated carbocycles. The second-order valence-electron chi connectivity index (χ2n) is 3.42. The van der Waals surface area contributed by atoms with Crippen LogP contribution in [0.2, 0.25) is 0 Å². The molecule has 0 bridgehead atoms. The molecule has 3 N–H and O–H groups in total. The lowest BCUT2D eigenvalue weighted by molar-refractivity contribution is 0.102. The van der Waals surface area contributed by atoms with Gasteiger partial charge in [-0.2, -0.15) is 0 Å². The van der Waals surface area contributed by atoms with Gasteiger partial charge in [-0.1, -0.05) is 0 Å². The minimum Gasteiger partial charge on any atom is -0.497 e. The molecule has 0 saturated heterocycles. The number of nitrogens with two attached hydrogens (primary N) is 1. The van der Waals surface area contributed by atoms with Gasteiger partial charge in [0.2, 0.25) is 0 Å². The predicted octanol–water partition coefficient (Wildman–Crippen LogP) is 2.12. The number of rotatable bonds is 3. The van der Waals surface area contributed by atoms with Gasteiger partial charge in [0, 0.05) is 6.07 Å². The minimum absolute atomic E-state index is 0.279. The molecule has 0 atom stereocenters. The lowest BCUT2D eigenvalue weighted by Gasteiger charge is -2.08. The maximum atomic E-state index is 11.8. The van der Waals surface area contributed by atoms with Gasteiger partial charge in [-0.05, 0) is 18.2 Å². The Morgan fingerprint density at radius 2 is 2.24 bits per heavy atom. The summed E-state index contributed by atoms with van der Waals surface area (Å²) in [4.78, 5) is 11.8. The number of nitrogens with one attached hydrogen (secondary N) is 1. The molecule has 0 aliphatic rings. The Kier molecular flexibility index (Phi) is 3.00. The summed E-state index contributed by atoms with van der Waals surface area (Å²) < 4.78 is 9.89. The van der Waals surface area contributed by atoms with E-state index >= 15 is 0 Å². The van der Waals surface area contributed by atoms with E-state index in [2.05, 4.69) is 5.32 Å². The van der Waals surface area contributed by atoms with Crippen molar-refractivity contribution in [2.24, 2.45) is 0 Å². The van der Waals surface area contributed by atoms with E-state index in [-0.39, 0.29) is 5.91 Å². The third-order valence-corrected chi connectivity index (χ3v) is 2.29. The molecule has 0 fully saturated rings. The molecule has 2 aromatic rings. The van der Waals surface area contributed by atoms with Crippen LogP contribution >= 0.6 is 0 Å². The lowest BCUT2D eigenvalue weighted by atomic mass is 10.2. The molecular formula is C12H12N2O3. The monoisotopic (exact) mass is 232 g/mol. The van der Waals surface area contributed by atoms with Gasteiger partial charge in [-0.25, -0.2) is 0 Å². The normalized spacial score (nSPS) is 9.94. The largest absolute Gasteiger partial charge is 0.497 e. The first kappa shape index (κ1) is 11.1. The van der Waals surface area contributed by atoms with Gasteiger partial charge in [-0.3, -0.25) is 4.79 Å². The van der Waals surface area contributed by atoms with Crippen LogP contribution in [0.4, 0.5) is 11.4 Å². The Morgan fingerprint density at radius 3 is 2.88 bits per heavy atom. The first-order valence-corrected chi connectivity index (χ1v) is 4.98. The van der Waals surface area contributed by atoms with Crippen molar-refractivity contribution in [3.05, 3.63) is 42.4 Å². The second-order valence-corrected chi connectivity index (χ2v) is 3.42. The number of hydrogen-bond donors (Lipinski definition) is 2. The van der Waals surface area contributed by atoms with Gasteiger partial charge in [0.15, 0.2) is 0 Å². The highest BCUT2D eigenvalue weighted by molar-refractivity contribution is 6.05. The summed E-state index contributed by atoms with van der Waals surface area (Å²) in [6.07, 6.45) is 2.80. The van der Waals surface area contributed by atoms with E-state index in [1.807, 2.05) is 0 Å². The maximum Gasteiger partial charge on any atom is 0.258 e. The van der Waals surface area contributed by atoms with E-state index in [1.165, 1.54) is 12.5 Å². The third-order valence-electron chi connectivity index (χ3n) is 2.29. The molecular weight excluding hydrogens is 220 g/mol. The Bertz CT molecular complexity index is 521. The number of nitrogen functional groups attached to an aromatic ring is 1. The summed E-state index contributed by atoms with van der Waals surface area (Å²) in [6.45, 7) is 0. The molecule has 0 aliphatic heterocycles. The van der Waals surface area contributed by atoms with Crippen LogP contribution < -0.4 is 15.8 Å². The van der Waals surface area contributed by atoms with Crippen LogP contribution in [0, 0.1) is 0 Å². The Balaban J connectivity index is 2.21. The Morgan fingerprint density at radius 1 is 1.41 bits per heavy atom. The van der Waals surface area contributed by atoms with Crippen molar-refractivity contribution in [1.29, 1.82) is 0 Å². The molecule has 0 spiro atoms. The molecule has 1 heterocycles. The zero-order valence-corrected chi connectivity index (χ0v) is 9.27. The van der Waals surface area contributed by atoms with Gasteiger partial charge >= 0.3 is 0 Å². The van der Waals surface area contributed by atoms with Gasteiger partial charge < -0.3 is 20.2 Å². The fourth-order valence-corrected chi connectivity index (χ4v) is 1.36. The van der Waals surface area contributed by atoms with Crippen LogP contribution in [0.15, 0.2) is 41.2 Å². The van der Waals surface area contributed by atoms with E-state index < -0.39 is 0 Å². The number of hydrogen-bond acceptors (Lipinski definition) is 4. The summed E-state index contributed by atoms with van der Waals surface area (Å²) in [6, 6.07) is 6.63. The molecule has 1 amide bonds. The molecule has 1 aromatic carbocycles. The fourth-order valence-electron chi connectivity index (χ4n) is 1.36. The number of amides is 1. The van der Waals surface area contributed by atoms with Crippen molar-refractivity contribution in [1.82, 2.24) is 0 Å². The van der Waals surface area contributed by atoms with Crippen LogP contribution in [0.5, 0.6) is 5.75 Å². The van der Waals surface area contributed by atoms with E-state index in [1.54, 1.807) is 31.4 Å². The van der Waals surface area contributed by atoms with Crippen LogP contribution in [-0.2, 0) is 0 Å². The molecule has 0 unspecified atom stereocenters. The summed E-state index contributed by atoms with van der Waals surface area (Å²) >= 11 is 0. The molecule has 0 radical (unpaired) electrons. The van der Waals surface area contributed by atoms with E-state index in [4.69, 9.17) is 14.9 Å². The summed E-state index contributed by atoms with van der Waals surface area (Å²) in [7, 11) is 1.55. The van der Waals surface area contributed by atoms with Crippen molar-refractivity contribution in [3.63, 3.8) is 0 Å². The standard InChI is InChI=1S/C12H12N2O3/c1-16-9-2-3-10(13)11(6-9)14-12(15)8-4-5-17-7-8/h2-7H,13H2,1H3,(H,14,15). The zero-order valence-electron chi connectivity index (χ0n) is 9.27. The first-order chi connectivity index (χ1) is 8.20. The summed E-state index contributed by atoms with van der Waals surface area (Å²) in [5.41, 5.74) is 7.17. The average molecular weight is 232 g/mol. The average Bonchev–Trinajstić information content (AvgIpc) is 2.85. The van der Waals surface area contributed by atoms with Gasteiger partial charge in [-0.15, -0.1) is 0 Å². The SMILES string of the molecule is COc1ccc(N)c(NC(=O)c2ccoc2)c1. The number of anilines is 2. The molecule has 88 valence electrons. The van der Waals surface area contributed by atoms with Crippen molar-refractivity contribution < 1.29 is 13.9 Å². The van der Waals surface area contributed by atoms with Crippen molar-refractivity contribution >= 4 is 17.3 Å². The fraction of sp³-hybridized carbons (Fsp3) is 0.0833. The quantitative estimate of drug-likeness (QED) is 0.794. The number of carbonyl (C=O) groups is 1. The van der Waals surface area contributed by atoms with Crippen LogP contribution in [0.3, 0.4) is 0 Å². The molecule has 5 nitrogen and oxygen atoms in total. The van der Waals surface area contributed by atoms with Crippen molar-refractivity contribution in [3.8, 4) is 5.75 Å². The smallest absolute Gasteiger partial charge is 0.258 e. The molecule has 2 rings (SSSR count). The number of methoxy groups -OCH3 is 1. The topological polar surface area (TPSA) is 77.5 Å². The Labute approximate surface area is 98.2 Å². The predicted molar refractivity (Wildman–Crippen MR) is 64.1 cm³/mol. The van der Waals surface area contributed by atoms with E-state index in [0.717, 1.165) is 0 Å². The zero-order chi connectivity index (χ0) is 12.3. The highest BCUT2D eigenvalue weighted by atomic mass is 16.5. The lowest BCUT2D eigenvalue weighted by Crippen LogP contribution is -2.12. The van der Waals surface area contributed by atoms with Crippen LogP contribution in [0.1, 0.15) is 10.4 Å². The van der Waals surface area contributed by atoms with Gasteiger partial charge in [0.1, 0.15) is 12.0 Å². The van der Waals surface area contributed by atoms with Gasteiger partial charge in [0.25, 0.3) is 5.91 Å². The number of ether oxygens (including phenoxy) is 1. The molecule has 1 aromatic heterocycles. The minimum atomic E-state index is -0.279. The van der Waals surface area contributed by atoms with Crippen molar-refractivity contribution in [2.45, 2.75) is 0 Å². The first-order valence-electron chi connectivity index (χ1n) is 4.98. The summed E-state index contributed by atoms with van der Waals surface area (Å²) in [5.74, 6) is 0.348. The highest BCUT2D eigenvalue weighted by Gasteiger charge is 2.09. The molecule has 5 heteroatoms. The summed E-state index contributed by atoms with van der Waals surface area (Å²) in [5, 5.41) is 2.68. The van der Waals surface area contributed by atoms with Crippen molar-refractivity contribution in [2.75, 3.05) is 18.2 Å². The Hall–Kier alpha value is -2.43. The highest BCUT2D eigenvalue weighted by Crippen LogP contribution is 2.24. The van der Waals surface area contributed by atoms with E-state index in [0.29, 0.717) is 22.7 Å². The van der Waals surface area contributed by atoms with Crippen LogP contribution in [-0.4, -0.2) is 13.0 Å². The second kappa shape index (κ2) is 4.61. The van der Waals surface area contributed by atoms with Gasteiger partial charge in [0.05, 0.1) is 30.3 Å². The number of furan rings is 1. The van der Waals surface area contributed by atoms with E-state index in [9.17, 15) is 4.79 Å².